The van der Waals surface area contributed by atoms with Gasteiger partial charge in [0.15, 0.2) is 0 Å². The molecule has 2 rings (SSSR count). The number of benzene rings is 1. The number of allylic oxidation sites excluding steroid dienone is 1. The Labute approximate surface area is 96.0 Å². The van der Waals surface area contributed by atoms with Crippen molar-refractivity contribution in [3.63, 3.8) is 0 Å². The van der Waals surface area contributed by atoms with Crippen LogP contribution >= 0.6 is 0 Å². The van der Waals surface area contributed by atoms with Crippen molar-refractivity contribution in [1.82, 2.24) is 5.32 Å². The Morgan fingerprint density at radius 3 is 2.69 bits per heavy atom. The van der Waals surface area contributed by atoms with Crippen molar-refractivity contribution in [1.29, 1.82) is 0 Å². The molecule has 0 radical (unpaired) electrons. The van der Waals surface area contributed by atoms with Crippen LogP contribution in [0.3, 0.4) is 0 Å². The molecule has 2 heteroatoms. The second-order valence-corrected chi connectivity index (χ2v) is 4.20. The fraction of sp³-hybridized carbons (Fsp3) is 0.286. The molecule has 0 fully saturated rings. The highest BCUT2D eigenvalue weighted by molar-refractivity contribution is 5.77. The van der Waals surface area contributed by atoms with E-state index in [1.807, 2.05) is 25.2 Å². The molecule has 1 aromatic heterocycles. The first-order valence-electron chi connectivity index (χ1n) is 5.51. The van der Waals surface area contributed by atoms with Gasteiger partial charge in [-0.3, -0.25) is 0 Å². The first-order chi connectivity index (χ1) is 7.70. The summed E-state index contributed by atoms with van der Waals surface area (Å²) in [5, 5.41) is 4.39. The molecule has 84 valence electrons. The van der Waals surface area contributed by atoms with E-state index in [0.29, 0.717) is 0 Å². The van der Waals surface area contributed by atoms with Gasteiger partial charge in [0.25, 0.3) is 0 Å². The number of nitrogens with one attached hydrogen (secondary N) is 1. The van der Waals surface area contributed by atoms with Crippen LogP contribution in [0.15, 0.2) is 46.4 Å². The van der Waals surface area contributed by atoms with E-state index in [-0.39, 0.29) is 6.04 Å². The van der Waals surface area contributed by atoms with E-state index in [1.54, 1.807) is 0 Å². The lowest BCUT2D eigenvalue weighted by Crippen LogP contribution is -2.13. The molecule has 1 heterocycles. The first-order valence-corrected chi connectivity index (χ1v) is 5.51. The number of likely N-dealkylation sites (N-methyl/N-ethyl adjacent to an activating group) is 1. The minimum absolute atomic E-state index is 0.150. The van der Waals surface area contributed by atoms with Gasteiger partial charge in [-0.25, -0.2) is 0 Å². The Hall–Kier alpha value is -1.54. The predicted octanol–water partition coefficient (Wildman–Crippen LogP) is 3.66. The zero-order valence-corrected chi connectivity index (χ0v) is 9.95. The molecule has 2 nitrogen and oxygen atoms in total. The normalized spacial score (nSPS) is 12.7. The SMILES string of the molecule is CNC(C=C(C)C)c1cc2ccccc2o1. The average molecular weight is 215 g/mol. The third-order valence-corrected chi connectivity index (χ3v) is 2.56. The van der Waals surface area contributed by atoms with Crippen molar-refractivity contribution in [2.24, 2.45) is 0 Å². The number of hydrogen-bond donors (Lipinski definition) is 1. The summed E-state index contributed by atoms with van der Waals surface area (Å²) >= 11 is 0. The Morgan fingerprint density at radius 1 is 1.31 bits per heavy atom. The van der Waals surface area contributed by atoms with E-state index >= 15 is 0 Å². The zero-order chi connectivity index (χ0) is 11.5. The molecular weight excluding hydrogens is 198 g/mol. The molecule has 1 unspecified atom stereocenters. The standard InChI is InChI=1S/C14H17NO/c1-10(2)8-12(15-3)14-9-11-6-4-5-7-13(11)16-14/h4-9,12,15H,1-3H3. The summed E-state index contributed by atoms with van der Waals surface area (Å²) in [6.07, 6.45) is 2.16. The van der Waals surface area contributed by atoms with Crippen LogP contribution in [0.2, 0.25) is 0 Å². The Bertz CT molecular complexity index is 473. The van der Waals surface area contributed by atoms with Crippen molar-refractivity contribution < 1.29 is 4.42 Å². The summed E-state index contributed by atoms with van der Waals surface area (Å²) in [5.74, 6) is 0.963. The molecule has 0 amide bonds. The summed E-state index contributed by atoms with van der Waals surface area (Å²) in [5.41, 5.74) is 2.22. The van der Waals surface area contributed by atoms with Crippen LogP contribution < -0.4 is 5.32 Å². The minimum Gasteiger partial charge on any atom is -0.459 e. The second-order valence-electron chi connectivity index (χ2n) is 4.20. The predicted molar refractivity (Wildman–Crippen MR) is 67.4 cm³/mol. The maximum atomic E-state index is 5.81. The highest BCUT2D eigenvalue weighted by Crippen LogP contribution is 2.24. The first kappa shape index (κ1) is 11.0. The third kappa shape index (κ3) is 2.17. The maximum absolute atomic E-state index is 5.81. The van der Waals surface area contributed by atoms with Crippen LogP contribution in [-0.2, 0) is 0 Å². The fourth-order valence-corrected chi connectivity index (χ4v) is 1.80. The molecule has 0 saturated carbocycles. The van der Waals surface area contributed by atoms with Gasteiger partial charge < -0.3 is 9.73 Å². The number of hydrogen-bond acceptors (Lipinski definition) is 2. The molecule has 1 aromatic carbocycles. The van der Waals surface area contributed by atoms with Gasteiger partial charge in [0.1, 0.15) is 11.3 Å². The van der Waals surface area contributed by atoms with Crippen molar-refractivity contribution in [3.05, 3.63) is 47.7 Å². The van der Waals surface area contributed by atoms with Crippen LogP contribution in [0.25, 0.3) is 11.0 Å². The maximum Gasteiger partial charge on any atom is 0.134 e. The summed E-state index contributed by atoms with van der Waals surface area (Å²) in [7, 11) is 1.94. The summed E-state index contributed by atoms with van der Waals surface area (Å²) < 4.78 is 5.81. The van der Waals surface area contributed by atoms with Gasteiger partial charge in [-0.1, -0.05) is 29.8 Å². The van der Waals surface area contributed by atoms with Crippen LogP contribution in [0.1, 0.15) is 25.6 Å². The number of rotatable bonds is 3. The monoisotopic (exact) mass is 215 g/mol. The summed E-state index contributed by atoms with van der Waals surface area (Å²) in [6.45, 7) is 4.18. The van der Waals surface area contributed by atoms with Crippen molar-refractivity contribution in [2.45, 2.75) is 19.9 Å². The molecule has 0 aliphatic rings. The molecule has 0 aliphatic heterocycles. The van der Waals surface area contributed by atoms with E-state index in [0.717, 1.165) is 16.7 Å². The fourth-order valence-electron chi connectivity index (χ4n) is 1.80. The van der Waals surface area contributed by atoms with E-state index in [4.69, 9.17) is 4.42 Å². The highest BCUT2D eigenvalue weighted by atomic mass is 16.3. The highest BCUT2D eigenvalue weighted by Gasteiger charge is 2.11. The summed E-state index contributed by atoms with van der Waals surface area (Å²) in [6, 6.07) is 10.3. The molecular formula is C14H17NO. The lowest BCUT2D eigenvalue weighted by Gasteiger charge is -2.08. The van der Waals surface area contributed by atoms with Crippen molar-refractivity contribution in [2.75, 3.05) is 7.05 Å². The van der Waals surface area contributed by atoms with Crippen LogP contribution in [0, 0.1) is 0 Å². The van der Waals surface area contributed by atoms with E-state index in [1.165, 1.54) is 5.57 Å². The van der Waals surface area contributed by atoms with Crippen LogP contribution in [0.4, 0.5) is 0 Å². The lowest BCUT2D eigenvalue weighted by atomic mass is 10.1. The minimum atomic E-state index is 0.150. The van der Waals surface area contributed by atoms with Crippen molar-refractivity contribution in [3.8, 4) is 0 Å². The third-order valence-electron chi connectivity index (χ3n) is 2.56. The molecule has 0 aliphatic carbocycles. The molecule has 2 aromatic rings. The Balaban J connectivity index is 2.42. The lowest BCUT2D eigenvalue weighted by molar-refractivity contribution is 0.497. The van der Waals surface area contributed by atoms with Crippen LogP contribution in [0.5, 0.6) is 0 Å². The Morgan fingerprint density at radius 2 is 2.06 bits per heavy atom. The zero-order valence-electron chi connectivity index (χ0n) is 9.95. The number of fused-ring (bicyclic) bond motifs is 1. The van der Waals surface area contributed by atoms with Gasteiger partial charge in [0, 0.05) is 5.39 Å². The van der Waals surface area contributed by atoms with Gasteiger partial charge in [-0.05, 0) is 33.0 Å². The van der Waals surface area contributed by atoms with Gasteiger partial charge in [-0.2, -0.15) is 0 Å². The van der Waals surface area contributed by atoms with Crippen molar-refractivity contribution >= 4 is 11.0 Å². The van der Waals surface area contributed by atoms with E-state index in [2.05, 4.69) is 37.4 Å². The smallest absolute Gasteiger partial charge is 0.134 e. The molecule has 1 atom stereocenters. The molecule has 0 spiro atoms. The molecule has 16 heavy (non-hydrogen) atoms. The summed E-state index contributed by atoms with van der Waals surface area (Å²) in [4.78, 5) is 0. The average Bonchev–Trinajstić information content (AvgIpc) is 2.68. The molecule has 0 saturated heterocycles. The Kier molecular flexibility index (Phi) is 3.11. The largest absolute Gasteiger partial charge is 0.459 e. The quantitative estimate of drug-likeness (QED) is 0.790. The second kappa shape index (κ2) is 4.54. The topological polar surface area (TPSA) is 25.2 Å². The van der Waals surface area contributed by atoms with E-state index in [9.17, 15) is 0 Å². The van der Waals surface area contributed by atoms with Crippen LogP contribution in [-0.4, -0.2) is 7.05 Å². The van der Waals surface area contributed by atoms with Gasteiger partial charge in [0.2, 0.25) is 0 Å². The van der Waals surface area contributed by atoms with Gasteiger partial charge >= 0.3 is 0 Å². The molecule has 0 bridgehead atoms. The number of para-hydroxylation sites is 1. The van der Waals surface area contributed by atoms with Gasteiger partial charge in [0.05, 0.1) is 6.04 Å². The molecule has 1 N–H and O–H groups in total. The van der Waals surface area contributed by atoms with E-state index < -0.39 is 0 Å². The van der Waals surface area contributed by atoms with Gasteiger partial charge in [-0.15, -0.1) is 0 Å². The number of furan rings is 1.